The topological polar surface area (TPSA) is 120 Å². The summed E-state index contributed by atoms with van der Waals surface area (Å²) in [5.74, 6) is 0.396. The number of carbonyl (C=O) groups excluding carboxylic acids is 1. The first-order valence-electron chi connectivity index (χ1n) is 6.98. The van der Waals surface area contributed by atoms with Crippen molar-refractivity contribution in [3.63, 3.8) is 0 Å². The second kappa shape index (κ2) is 6.70. The van der Waals surface area contributed by atoms with Crippen molar-refractivity contribution in [1.82, 2.24) is 20.3 Å². The third kappa shape index (κ3) is 3.80. The van der Waals surface area contributed by atoms with Crippen LogP contribution in [0.15, 0.2) is 35.4 Å². The van der Waals surface area contributed by atoms with Crippen LogP contribution >= 0.6 is 0 Å². The lowest BCUT2D eigenvalue weighted by atomic mass is 10.1. The maximum Gasteiger partial charge on any atom is 0.238 e. The van der Waals surface area contributed by atoms with E-state index in [1.807, 2.05) is 0 Å². The van der Waals surface area contributed by atoms with Gasteiger partial charge in [0, 0.05) is 0 Å². The van der Waals surface area contributed by atoms with Crippen LogP contribution in [0.25, 0.3) is 5.69 Å². The molecule has 3 N–H and O–H groups in total. The normalized spacial score (nSPS) is 15.5. The third-order valence-corrected chi connectivity index (χ3v) is 4.25. The molecule has 1 aliphatic carbocycles. The minimum absolute atomic E-state index is 0.0218. The van der Waals surface area contributed by atoms with Gasteiger partial charge in [-0.15, -0.1) is 5.10 Å². The molecule has 0 aliphatic heterocycles. The van der Waals surface area contributed by atoms with Crippen LogP contribution in [0.4, 0.5) is 0 Å². The molecule has 9 heteroatoms. The van der Waals surface area contributed by atoms with Gasteiger partial charge in [-0.25, -0.2) is 18.2 Å². The lowest BCUT2D eigenvalue weighted by molar-refractivity contribution is -0.118. The average molecular weight is 344 g/mol. The molecule has 2 aromatic rings. The molecule has 1 aliphatic rings. The van der Waals surface area contributed by atoms with E-state index in [1.54, 1.807) is 44.0 Å². The van der Waals surface area contributed by atoms with E-state index in [0.717, 1.165) is 0 Å². The van der Waals surface area contributed by atoms with Gasteiger partial charge in [0.2, 0.25) is 15.9 Å². The van der Waals surface area contributed by atoms with Gasteiger partial charge in [0.05, 0.1) is 29.2 Å². The summed E-state index contributed by atoms with van der Waals surface area (Å²) in [4.78, 5) is 11.9. The second-order valence-corrected chi connectivity index (χ2v) is 6.61. The Labute approximate surface area is 140 Å². The Hall–Kier alpha value is -2.26. The summed E-state index contributed by atoms with van der Waals surface area (Å²) < 4.78 is 24.0. The molecule has 8 nitrogen and oxygen atoms in total. The molecular weight excluding hydrogens is 330 g/mol. The summed E-state index contributed by atoms with van der Waals surface area (Å²) in [6.45, 7) is 0.235. The zero-order chi connectivity index (χ0) is 17.2. The molecular formula is C15H14N5O3S. The molecule has 1 aromatic carbocycles. The summed E-state index contributed by atoms with van der Waals surface area (Å²) in [6, 6.07) is 5.92. The fraction of sp³-hybridized carbons (Fsp3) is 0.0667. The molecule has 0 unspecified atom stereocenters. The lowest BCUT2D eigenvalue weighted by Gasteiger charge is -2.07. The van der Waals surface area contributed by atoms with Gasteiger partial charge in [-0.1, -0.05) is 5.21 Å². The number of rotatable bonds is 5. The van der Waals surface area contributed by atoms with E-state index in [-0.39, 0.29) is 17.3 Å². The van der Waals surface area contributed by atoms with Crippen LogP contribution in [-0.2, 0) is 21.4 Å². The van der Waals surface area contributed by atoms with Crippen molar-refractivity contribution in [1.29, 1.82) is 0 Å². The minimum Gasteiger partial charge on any atom is -0.350 e. The van der Waals surface area contributed by atoms with Crippen LogP contribution in [-0.4, -0.2) is 29.3 Å². The first-order chi connectivity index (χ1) is 11.4. The van der Waals surface area contributed by atoms with E-state index < -0.39 is 10.0 Å². The zero-order valence-electron chi connectivity index (χ0n) is 12.5. The fourth-order valence-corrected chi connectivity index (χ4v) is 2.61. The molecule has 1 saturated carbocycles. The Balaban J connectivity index is 1.63. The van der Waals surface area contributed by atoms with E-state index in [2.05, 4.69) is 15.6 Å². The fourth-order valence-electron chi connectivity index (χ4n) is 2.09. The van der Waals surface area contributed by atoms with E-state index in [1.165, 1.54) is 16.8 Å². The molecule has 0 spiro atoms. The molecule has 1 amide bonds. The second-order valence-electron chi connectivity index (χ2n) is 5.05. The Morgan fingerprint density at radius 3 is 2.46 bits per heavy atom. The maximum absolute atomic E-state index is 11.9. The number of aromatic nitrogens is 3. The van der Waals surface area contributed by atoms with Crippen LogP contribution in [0.5, 0.6) is 0 Å². The number of carbonyl (C=O) groups is 1. The zero-order valence-corrected chi connectivity index (χ0v) is 13.3. The highest BCUT2D eigenvalue weighted by Crippen LogP contribution is 2.22. The molecule has 1 fully saturated rings. The number of hydrogen-bond donors (Lipinski definition) is 2. The predicted octanol–water partition coefficient (Wildman–Crippen LogP) is -0.0638. The third-order valence-electron chi connectivity index (χ3n) is 3.33. The van der Waals surface area contributed by atoms with E-state index >= 15 is 0 Å². The van der Waals surface area contributed by atoms with Gasteiger partial charge in [-0.3, -0.25) is 4.79 Å². The first-order valence-corrected chi connectivity index (χ1v) is 8.52. The van der Waals surface area contributed by atoms with Crippen LogP contribution in [0, 0.1) is 31.6 Å². The smallest absolute Gasteiger partial charge is 0.238 e. The van der Waals surface area contributed by atoms with Crippen molar-refractivity contribution in [2.45, 2.75) is 11.4 Å². The Morgan fingerprint density at radius 2 is 1.83 bits per heavy atom. The van der Waals surface area contributed by atoms with E-state index in [4.69, 9.17) is 5.14 Å². The summed E-state index contributed by atoms with van der Waals surface area (Å²) >= 11 is 0. The highest BCUT2D eigenvalue weighted by Gasteiger charge is 2.24. The molecule has 1 aromatic heterocycles. The van der Waals surface area contributed by atoms with E-state index in [0.29, 0.717) is 17.3 Å². The van der Waals surface area contributed by atoms with Gasteiger partial charge >= 0.3 is 0 Å². The Bertz CT molecular complexity index is 823. The highest BCUT2D eigenvalue weighted by atomic mass is 32.2. The number of nitrogens with one attached hydrogen (secondary N) is 1. The monoisotopic (exact) mass is 344 g/mol. The van der Waals surface area contributed by atoms with Crippen molar-refractivity contribution < 1.29 is 13.2 Å². The SMILES string of the molecule is NS(=O)(=O)c1ccc(-n2cc(CNC(=O)[C]3[CH][CH][CH][CH]3)nn2)cc1. The molecule has 24 heavy (non-hydrogen) atoms. The van der Waals surface area contributed by atoms with E-state index in [9.17, 15) is 13.2 Å². The van der Waals surface area contributed by atoms with Crippen molar-refractivity contribution in [2.24, 2.45) is 5.14 Å². The molecule has 5 radical (unpaired) electrons. The van der Waals surface area contributed by atoms with Gasteiger partial charge in [-0.2, -0.15) is 0 Å². The molecule has 1 heterocycles. The van der Waals surface area contributed by atoms with Gasteiger partial charge in [0.1, 0.15) is 5.69 Å². The Kier molecular flexibility index (Phi) is 4.63. The molecule has 123 valence electrons. The molecule has 0 bridgehead atoms. The number of primary sulfonamides is 1. The van der Waals surface area contributed by atoms with Gasteiger partial charge < -0.3 is 5.32 Å². The molecule has 0 atom stereocenters. The van der Waals surface area contributed by atoms with Crippen LogP contribution in [0.2, 0.25) is 0 Å². The summed E-state index contributed by atoms with van der Waals surface area (Å²) in [5.41, 5.74) is 1.20. The highest BCUT2D eigenvalue weighted by molar-refractivity contribution is 7.89. The summed E-state index contributed by atoms with van der Waals surface area (Å²) in [5, 5.41) is 15.7. The van der Waals surface area contributed by atoms with Crippen molar-refractivity contribution >= 4 is 15.9 Å². The molecule has 3 rings (SSSR count). The minimum atomic E-state index is -3.73. The van der Waals surface area contributed by atoms with Crippen molar-refractivity contribution in [3.05, 3.63) is 67.8 Å². The van der Waals surface area contributed by atoms with Crippen LogP contribution < -0.4 is 10.5 Å². The van der Waals surface area contributed by atoms with Gasteiger partial charge in [0.15, 0.2) is 0 Å². The number of amides is 1. The predicted molar refractivity (Wildman–Crippen MR) is 85.0 cm³/mol. The van der Waals surface area contributed by atoms with Gasteiger partial charge in [0.25, 0.3) is 0 Å². The number of hydrogen-bond acceptors (Lipinski definition) is 5. The standard InChI is InChI=1S/C15H14N5O3S/c16-24(22,23)14-7-5-13(6-8-14)20-10-12(18-19-20)9-17-15(21)11-3-1-2-4-11/h1-8,10H,9H2,(H,17,21)(H2,16,22,23). The lowest BCUT2D eigenvalue weighted by Crippen LogP contribution is -2.28. The summed E-state index contributed by atoms with van der Waals surface area (Å²) in [7, 11) is -3.73. The number of benzene rings is 1. The number of nitrogens with zero attached hydrogens (tertiary/aromatic N) is 3. The largest absolute Gasteiger partial charge is 0.350 e. The Morgan fingerprint density at radius 1 is 1.17 bits per heavy atom. The van der Waals surface area contributed by atoms with Crippen molar-refractivity contribution in [2.75, 3.05) is 0 Å². The van der Waals surface area contributed by atoms with Crippen LogP contribution in [0.3, 0.4) is 0 Å². The quantitative estimate of drug-likeness (QED) is 0.787. The summed E-state index contributed by atoms with van der Waals surface area (Å²) in [6.07, 6.45) is 8.67. The number of sulfonamides is 1. The van der Waals surface area contributed by atoms with Gasteiger partial charge in [-0.05, 0) is 49.9 Å². The molecule has 0 saturated heterocycles. The maximum atomic E-state index is 11.9. The average Bonchev–Trinajstić information content (AvgIpc) is 3.23. The van der Waals surface area contributed by atoms with Crippen molar-refractivity contribution in [3.8, 4) is 5.69 Å². The first kappa shape index (κ1) is 16.6. The van der Waals surface area contributed by atoms with Crippen LogP contribution in [0.1, 0.15) is 5.69 Å². The number of nitrogens with two attached hydrogens (primary N) is 1.